The van der Waals surface area contributed by atoms with Crippen LogP contribution in [0.15, 0.2) is 64.1 Å². The average Bonchev–Trinajstić information content (AvgIpc) is 3.84. The summed E-state index contributed by atoms with van der Waals surface area (Å²) in [4.78, 5) is 16.1. The molecular formula is C37H38N6O5. The maximum Gasteiger partial charge on any atom is 0.227 e. The zero-order chi connectivity index (χ0) is 33.4. The van der Waals surface area contributed by atoms with Crippen LogP contribution in [0.4, 0.5) is 0 Å². The molecule has 0 bridgehead atoms. The van der Waals surface area contributed by atoms with Crippen LogP contribution in [0.1, 0.15) is 46.8 Å². The van der Waals surface area contributed by atoms with Crippen LogP contribution in [0.5, 0.6) is 11.8 Å². The molecule has 1 fully saturated rings. The molecule has 1 aliphatic carbocycles. The number of hydrogen-bond donors (Lipinski definition) is 2. The normalized spacial score (nSPS) is 18.0. The van der Waals surface area contributed by atoms with Crippen LogP contribution in [0.3, 0.4) is 0 Å². The molecule has 4 heterocycles. The fourth-order valence-corrected chi connectivity index (χ4v) is 7.08. The van der Waals surface area contributed by atoms with Gasteiger partial charge in [-0.05, 0) is 66.1 Å². The fourth-order valence-electron chi connectivity index (χ4n) is 7.08. The number of β-amino-alcohol motifs (C(OH)–C–C–N with tert-alkyl or cyclic N) is 1. The first kappa shape index (κ1) is 31.6. The molecule has 3 aromatic heterocycles. The molecule has 0 amide bonds. The minimum atomic E-state index is -0.277. The van der Waals surface area contributed by atoms with Gasteiger partial charge in [0.1, 0.15) is 17.7 Å². The van der Waals surface area contributed by atoms with Crippen molar-refractivity contribution in [3.8, 4) is 40.4 Å². The number of oxazole rings is 1. The Morgan fingerprint density at radius 2 is 1.90 bits per heavy atom. The van der Waals surface area contributed by atoms with E-state index in [1.54, 1.807) is 24.9 Å². The average molecular weight is 647 g/mol. The van der Waals surface area contributed by atoms with Gasteiger partial charge in [0.05, 0.1) is 19.8 Å². The predicted molar refractivity (Wildman–Crippen MR) is 179 cm³/mol. The molecule has 1 saturated heterocycles. The predicted octanol–water partition coefficient (Wildman–Crippen LogP) is 4.70. The van der Waals surface area contributed by atoms with Gasteiger partial charge < -0.3 is 28.7 Å². The Hall–Kier alpha value is -5.02. The van der Waals surface area contributed by atoms with Crippen molar-refractivity contribution in [2.24, 2.45) is 4.99 Å². The van der Waals surface area contributed by atoms with Crippen molar-refractivity contribution in [1.82, 2.24) is 19.4 Å². The number of benzene rings is 2. The van der Waals surface area contributed by atoms with Gasteiger partial charge >= 0.3 is 0 Å². The molecule has 11 heteroatoms. The molecule has 7 rings (SSSR count). The van der Waals surface area contributed by atoms with Gasteiger partial charge in [0.15, 0.2) is 16.6 Å². The van der Waals surface area contributed by atoms with Crippen LogP contribution in [0.25, 0.3) is 33.7 Å². The number of aliphatic hydroxyl groups excluding tert-OH is 2. The lowest BCUT2D eigenvalue weighted by Crippen LogP contribution is -2.23. The Labute approximate surface area is 278 Å². The van der Waals surface area contributed by atoms with Crippen LogP contribution in [-0.4, -0.2) is 69.6 Å². The second-order valence-electron chi connectivity index (χ2n) is 12.3. The minimum absolute atomic E-state index is 0.0923. The van der Waals surface area contributed by atoms with Crippen molar-refractivity contribution >= 4 is 11.1 Å². The van der Waals surface area contributed by atoms with Crippen LogP contribution >= 0.6 is 0 Å². The first-order valence-electron chi connectivity index (χ1n) is 16.2. The van der Waals surface area contributed by atoms with Gasteiger partial charge in [-0.3, -0.25) is 9.89 Å². The lowest BCUT2D eigenvalue weighted by Gasteiger charge is -2.19. The number of aliphatic hydroxyl groups is 2. The van der Waals surface area contributed by atoms with E-state index in [4.69, 9.17) is 23.9 Å². The van der Waals surface area contributed by atoms with E-state index in [-0.39, 0.29) is 25.4 Å². The monoisotopic (exact) mass is 646 g/mol. The van der Waals surface area contributed by atoms with Crippen molar-refractivity contribution in [3.63, 3.8) is 0 Å². The van der Waals surface area contributed by atoms with E-state index in [1.165, 1.54) is 5.56 Å². The molecule has 5 aromatic rings. The molecule has 0 saturated carbocycles. The highest BCUT2D eigenvalue weighted by molar-refractivity contribution is 5.83. The van der Waals surface area contributed by atoms with Crippen molar-refractivity contribution in [1.29, 1.82) is 5.26 Å². The lowest BCUT2D eigenvalue weighted by molar-refractivity contribution is 0.174. The Bertz CT molecular complexity index is 2110. The van der Waals surface area contributed by atoms with Gasteiger partial charge in [-0.2, -0.15) is 10.2 Å². The molecule has 0 unspecified atom stereocenters. The Kier molecular flexibility index (Phi) is 8.71. The molecule has 2 atom stereocenters. The number of fused-ring (bicyclic) bond motifs is 2. The summed E-state index contributed by atoms with van der Waals surface area (Å²) in [6, 6.07) is 18.5. The van der Waals surface area contributed by atoms with Crippen molar-refractivity contribution < 1.29 is 24.1 Å². The van der Waals surface area contributed by atoms with Gasteiger partial charge in [-0.1, -0.05) is 30.3 Å². The van der Waals surface area contributed by atoms with Crippen molar-refractivity contribution in [2.45, 2.75) is 51.5 Å². The molecule has 2 aromatic carbocycles. The zero-order valence-electron chi connectivity index (χ0n) is 27.3. The van der Waals surface area contributed by atoms with E-state index in [0.717, 1.165) is 59.2 Å². The van der Waals surface area contributed by atoms with E-state index in [9.17, 15) is 15.5 Å². The quantitative estimate of drug-likeness (QED) is 0.233. The van der Waals surface area contributed by atoms with Gasteiger partial charge in [-0.25, -0.2) is 4.98 Å². The van der Waals surface area contributed by atoms with Gasteiger partial charge in [0.25, 0.3) is 0 Å². The highest BCUT2D eigenvalue weighted by Gasteiger charge is 2.29. The number of nitrogens with zero attached hydrogens (tertiary/aromatic N) is 6. The molecule has 1 aliphatic heterocycles. The topological polar surface area (TPSA) is 142 Å². The Morgan fingerprint density at radius 3 is 2.65 bits per heavy atom. The van der Waals surface area contributed by atoms with E-state index in [2.05, 4.69) is 47.2 Å². The maximum absolute atomic E-state index is 9.91. The summed E-state index contributed by atoms with van der Waals surface area (Å²) in [5.41, 5.74) is 9.11. The molecule has 2 N–H and O–H groups in total. The molecule has 2 aliphatic rings. The number of ether oxygens (including phenoxy) is 2. The third-order valence-electron chi connectivity index (χ3n) is 9.40. The summed E-state index contributed by atoms with van der Waals surface area (Å²) in [6.07, 6.45) is 3.68. The van der Waals surface area contributed by atoms with Crippen LogP contribution in [0, 0.1) is 18.3 Å². The summed E-state index contributed by atoms with van der Waals surface area (Å²) in [5.74, 6) is 1.47. The van der Waals surface area contributed by atoms with Gasteiger partial charge in [0, 0.05) is 56.6 Å². The summed E-state index contributed by atoms with van der Waals surface area (Å²) < 4.78 is 20.1. The van der Waals surface area contributed by atoms with Crippen LogP contribution < -0.4 is 15.0 Å². The maximum atomic E-state index is 9.91. The fraction of sp³-hybridized carbons (Fsp3) is 0.351. The summed E-state index contributed by atoms with van der Waals surface area (Å²) in [7, 11) is 3.28. The number of methoxy groups -OCH3 is 1. The molecule has 48 heavy (non-hydrogen) atoms. The highest BCUT2D eigenvalue weighted by atomic mass is 16.5. The zero-order valence-corrected chi connectivity index (χ0v) is 27.3. The first-order valence-corrected chi connectivity index (χ1v) is 16.2. The minimum Gasteiger partial charge on any atom is -0.481 e. The second-order valence-corrected chi connectivity index (χ2v) is 12.3. The van der Waals surface area contributed by atoms with E-state index in [1.807, 2.05) is 24.3 Å². The number of rotatable bonds is 9. The molecule has 246 valence electrons. The SMILES string of the molecule is CN=c1c2nc(-c3cccc(-c4cccc5c4CC[C@@H]5Oc4ccc(CN5CC[C@@H](O)C5)c(OC)n4)c3C)oc2c(C#N)cn1CCO. The number of aromatic nitrogens is 3. The van der Waals surface area contributed by atoms with E-state index in [0.29, 0.717) is 52.9 Å². The number of nitriles is 1. The third kappa shape index (κ3) is 5.72. The Morgan fingerprint density at radius 1 is 1.08 bits per heavy atom. The van der Waals surface area contributed by atoms with Crippen molar-refractivity contribution in [2.75, 3.05) is 33.9 Å². The molecule has 11 nitrogen and oxygen atoms in total. The van der Waals surface area contributed by atoms with E-state index < -0.39 is 0 Å². The molecule has 0 radical (unpaired) electrons. The van der Waals surface area contributed by atoms with Gasteiger partial charge in [0.2, 0.25) is 17.7 Å². The van der Waals surface area contributed by atoms with Gasteiger partial charge in [-0.15, -0.1) is 0 Å². The number of likely N-dealkylation sites (tertiary alicyclic amines) is 1. The Balaban J connectivity index is 1.19. The van der Waals surface area contributed by atoms with Crippen LogP contribution in [0.2, 0.25) is 0 Å². The van der Waals surface area contributed by atoms with Crippen LogP contribution in [-0.2, 0) is 19.5 Å². The highest BCUT2D eigenvalue weighted by Crippen LogP contribution is 2.42. The van der Waals surface area contributed by atoms with E-state index >= 15 is 0 Å². The second kappa shape index (κ2) is 13.2. The summed E-state index contributed by atoms with van der Waals surface area (Å²) in [5, 5.41) is 29.3. The summed E-state index contributed by atoms with van der Waals surface area (Å²) >= 11 is 0. The summed E-state index contributed by atoms with van der Waals surface area (Å²) in [6.45, 7) is 4.43. The molecular weight excluding hydrogens is 608 g/mol. The first-order chi connectivity index (χ1) is 23.4. The smallest absolute Gasteiger partial charge is 0.227 e. The molecule has 0 spiro atoms. The largest absolute Gasteiger partial charge is 0.481 e. The third-order valence-corrected chi connectivity index (χ3v) is 9.40. The van der Waals surface area contributed by atoms with Crippen molar-refractivity contribution in [3.05, 3.63) is 88.0 Å². The number of hydrogen-bond acceptors (Lipinski definition) is 10. The lowest BCUT2D eigenvalue weighted by atomic mass is 9.91. The number of pyridine rings is 2. The standard InChI is InChI=1S/C37H38N6O5/c1-22-26(6-4-7-27(22)37-41-33-34(48-37)24(18-38)20-43(16-17-44)35(33)39-2)28-8-5-9-30-29(28)11-12-31(30)47-32-13-10-23(36(40-32)46-3)19-42-15-14-25(45)21-42/h4-10,13,20,25,31,44-45H,11-12,14-17,19,21H2,1-3H3/t25-,31+/m1/s1.